The van der Waals surface area contributed by atoms with Crippen LogP contribution in [-0.2, 0) is 11.8 Å². The summed E-state index contributed by atoms with van der Waals surface area (Å²) in [5.74, 6) is -0.0180. The molecular weight excluding hydrogens is 352 g/mol. The predicted molar refractivity (Wildman–Crippen MR) is 109 cm³/mol. The summed E-state index contributed by atoms with van der Waals surface area (Å²) < 4.78 is 9.56. The van der Waals surface area contributed by atoms with E-state index in [1.165, 1.54) is 5.56 Å². The number of aromatic nitrogens is 3. The second kappa shape index (κ2) is 7.28. The first-order chi connectivity index (χ1) is 13.4. The molecule has 0 bridgehead atoms. The van der Waals surface area contributed by atoms with Gasteiger partial charge >= 0.3 is 0 Å². The summed E-state index contributed by atoms with van der Waals surface area (Å²) >= 11 is 0. The van der Waals surface area contributed by atoms with Crippen LogP contribution in [0.3, 0.4) is 0 Å². The van der Waals surface area contributed by atoms with Crippen LogP contribution in [0, 0.1) is 6.92 Å². The number of hydrogen-bond acceptors (Lipinski definition) is 3. The van der Waals surface area contributed by atoms with Crippen LogP contribution in [0.5, 0.6) is 0 Å². The molecule has 0 radical (unpaired) electrons. The minimum atomic E-state index is -0.0180. The van der Waals surface area contributed by atoms with Crippen molar-refractivity contribution in [2.24, 2.45) is 7.05 Å². The normalized spacial score (nSPS) is 19.8. The second-order valence-corrected chi connectivity index (χ2v) is 7.63. The molecule has 4 rings (SSSR count). The summed E-state index contributed by atoms with van der Waals surface area (Å²) in [5, 5.41) is 4.78. The van der Waals surface area contributed by atoms with Crippen molar-refractivity contribution >= 4 is 5.91 Å². The van der Waals surface area contributed by atoms with Crippen LogP contribution in [0.25, 0.3) is 17.1 Å². The van der Waals surface area contributed by atoms with Gasteiger partial charge in [0, 0.05) is 26.3 Å². The molecule has 1 amide bonds. The van der Waals surface area contributed by atoms with Crippen LogP contribution in [0.1, 0.15) is 29.9 Å². The third kappa shape index (κ3) is 3.47. The molecule has 1 fully saturated rings. The molecule has 0 N–H and O–H groups in total. The molecule has 146 valence electrons. The summed E-state index contributed by atoms with van der Waals surface area (Å²) in [7, 11) is 1.98. The largest absolute Gasteiger partial charge is 0.372 e. The van der Waals surface area contributed by atoms with Gasteiger partial charge in [0.15, 0.2) is 0 Å². The van der Waals surface area contributed by atoms with Gasteiger partial charge in [-0.25, -0.2) is 4.68 Å². The molecule has 1 aliphatic heterocycles. The Kier molecular flexibility index (Phi) is 4.81. The number of aryl methyl sites for hydroxylation is 2. The Labute approximate surface area is 165 Å². The number of morpholine rings is 1. The highest BCUT2D eigenvalue weighted by molar-refractivity contribution is 5.94. The van der Waals surface area contributed by atoms with Gasteiger partial charge in [-0.05, 0) is 51.1 Å². The Morgan fingerprint density at radius 2 is 1.79 bits per heavy atom. The molecule has 28 heavy (non-hydrogen) atoms. The van der Waals surface area contributed by atoms with Crippen molar-refractivity contribution in [2.75, 3.05) is 13.1 Å². The number of amides is 1. The van der Waals surface area contributed by atoms with Crippen molar-refractivity contribution in [2.45, 2.75) is 33.0 Å². The molecule has 0 aliphatic carbocycles. The number of ether oxygens (including phenoxy) is 1. The molecule has 2 atom stereocenters. The number of carbonyl (C=O) groups is 1. The standard InChI is InChI=1S/C22H26N4O2/c1-15-7-9-18(10-8-15)26-21(12-19(23-26)20-6-5-11-24(20)4)22(27)25-13-16(2)28-17(3)14-25/h5-12,16-17H,13-14H2,1-4H3/t16-,17-/m1/s1. The molecule has 1 aliphatic rings. The molecule has 6 heteroatoms. The van der Waals surface area contributed by atoms with Gasteiger partial charge in [-0.1, -0.05) is 17.7 Å². The van der Waals surface area contributed by atoms with Gasteiger partial charge in [-0.3, -0.25) is 4.79 Å². The van der Waals surface area contributed by atoms with Crippen LogP contribution in [0.15, 0.2) is 48.7 Å². The lowest BCUT2D eigenvalue weighted by molar-refractivity contribution is -0.0588. The first kappa shape index (κ1) is 18.5. The number of benzene rings is 1. The first-order valence-corrected chi connectivity index (χ1v) is 9.66. The van der Waals surface area contributed by atoms with Gasteiger partial charge in [0.05, 0.1) is 23.6 Å². The Morgan fingerprint density at radius 1 is 1.11 bits per heavy atom. The van der Waals surface area contributed by atoms with Gasteiger partial charge in [0.1, 0.15) is 11.4 Å². The molecule has 1 saturated heterocycles. The van der Waals surface area contributed by atoms with E-state index in [1.54, 1.807) is 4.68 Å². The van der Waals surface area contributed by atoms with E-state index in [4.69, 9.17) is 9.84 Å². The van der Waals surface area contributed by atoms with Gasteiger partial charge in [0.2, 0.25) is 0 Å². The zero-order valence-electron chi connectivity index (χ0n) is 16.8. The van der Waals surface area contributed by atoms with E-state index in [0.29, 0.717) is 18.8 Å². The SMILES string of the molecule is Cc1ccc(-n2nc(-c3cccn3C)cc2C(=O)N2C[C@@H](C)O[C@H](C)C2)cc1. The van der Waals surface area contributed by atoms with E-state index in [1.807, 2.05) is 85.9 Å². The Balaban J connectivity index is 1.78. The molecule has 0 saturated carbocycles. The van der Waals surface area contributed by atoms with E-state index in [-0.39, 0.29) is 18.1 Å². The van der Waals surface area contributed by atoms with Crippen LogP contribution >= 0.6 is 0 Å². The van der Waals surface area contributed by atoms with Crippen molar-refractivity contribution in [3.8, 4) is 17.1 Å². The lowest BCUT2D eigenvalue weighted by Gasteiger charge is -2.35. The van der Waals surface area contributed by atoms with E-state index < -0.39 is 0 Å². The van der Waals surface area contributed by atoms with Crippen molar-refractivity contribution < 1.29 is 9.53 Å². The summed E-state index contributed by atoms with van der Waals surface area (Å²) in [6, 6.07) is 13.9. The van der Waals surface area contributed by atoms with Crippen LogP contribution in [0.2, 0.25) is 0 Å². The molecule has 3 heterocycles. The molecule has 6 nitrogen and oxygen atoms in total. The maximum Gasteiger partial charge on any atom is 0.272 e. The number of rotatable bonds is 3. The quantitative estimate of drug-likeness (QED) is 0.702. The lowest BCUT2D eigenvalue weighted by Crippen LogP contribution is -2.48. The Morgan fingerprint density at radius 3 is 2.39 bits per heavy atom. The maximum absolute atomic E-state index is 13.4. The van der Waals surface area contributed by atoms with Crippen molar-refractivity contribution in [3.05, 3.63) is 59.9 Å². The van der Waals surface area contributed by atoms with Gasteiger partial charge in [-0.2, -0.15) is 5.10 Å². The van der Waals surface area contributed by atoms with Crippen molar-refractivity contribution in [3.63, 3.8) is 0 Å². The van der Waals surface area contributed by atoms with Gasteiger partial charge < -0.3 is 14.2 Å². The third-order valence-electron chi connectivity index (χ3n) is 5.12. The van der Waals surface area contributed by atoms with Crippen molar-refractivity contribution in [1.29, 1.82) is 0 Å². The van der Waals surface area contributed by atoms with E-state index in [0.717, 1.165) is 17.1 Å². The summed E-state index contributed by atoms with van der Waals surface area (Å²) in [4.78, 5) is 15.3. The molecular formula is C22H26N4O2. The average Bonchev–Trinajstić information content (AvgIpc) is 3.27. The highest BCUT2D eigenvalue weighted by atomic mass is 16.5. The molecule has 0 unspecified atom stereocenters. The fourth-order valence-corrected chi connectivity index (χ4v) is 3.77. The first-order valence-electron chi connectivity index (χ1n) is 9.66. The zero-order valence-corrected chi connectivity index (χ0v) is 16.8. The maximum atomic E-state index is 13.4. The number of carbonyl (C=O) groups excluding carboxylic acids is 1. The number of hydrogen-bond donors (Lipinski definition) is 0. The van der Waals surface area contributed by atoms with Gasteiger partial charge in [-0.15, -0.1) is 0 Å². The highest BCUT2D eigenvalue weighted by Gasteiger charge is 2.29. The second-order valence-electron chi connectivity index (χ2n) is 7.63. The van der Waals surface area contributed by atoms with Crippen molar-refractivity contribution in [1.82, 2.24) is 19.2 Å². The monoisotopic (exact) mass is 378 g/mol. The summed E-state index contributed by atoms with van der Waals surface area (Å²) in [5.41, 5.74) is 4.38. The van der Waals surface area contributed by atoms with E-state index in [9.17, 15) is 4.79 Å². The minimum absolute atomic E-state index is 0.0180. The molecule has 1 aromatic carbocycles. The molecule has 2 aromatic heterocycles. The minimum Gasteiger partial charge on any atom is -0.372 e. The third-order valence-corrected chi connectivity index (χ3v) is 5.12. The topological polar surface area (TPSA) is 52.3 Å². The Bertz CT molecular complexity index is 976. The summed E-state index contributed by atoms with van der Waals surface area (Å²) in [6.07, 6.45) is 2.03. The average molecular weight is 378 g/mol. The zero-order chi connectivity index (χ0) is 19.8. The summed E-state index contributed by atoms with van der Waals surface area (Å²) in [6.45, 7) is 7.22. The molecule has 0 spiro atoms. The highest BCUT2D eigenvalue weighted by Crippen LogP contribution is 2.24. The fourth-order valence-electron chi connectivity index (χ4n) is 3.77. The fraction of sp³-hybridized carbons (Fsp3) is 0.364. The lowest BCUT2D eigenvalue weighted by atomic mass is 10.2. The van der Waals surface area contributed by atoms with Crippen LogP contribution in [-0.4, -0.2) is 50.5 Å². The predicted octanol–water partition coefficient (Wildman–Crippen LogP) is 3.44. The van der Waals surface area contributed by atoms with Crippen LogP contribution in [0.4, 0.5) is 0 Å². The van der Waals surface area contributed by atoms with E-state index in [2.05, 4.69) is 0 Å². The van der Waals surface area contributed by atoms with Crippen LogP contribution < -0.4 is 0 Å². The Hall–Kier alpha value is -2.86. The smallest absolute Gasteiger partial charge is 0.272 e. The van der Waals surface area contributed by atoms with Gasteiger partial charge in [0.25, 0.3) is 5.91 Å². The molecule has 3 aromatic rings. The number of nitrogens with zero attached hydrogens (tertiary/aromatic N) is 4. The van der Waals surface area contributed by atoms with E-state index >= 15 is 0 Å².